The van der Waals surface area contributed by atoms with Crippen LogP contribution in [0.2, 0.25) is 10.0 Å². The van der Waals surface area contributed by atoms with Gasteiger partial charge in [0.15, 0.2) is 17.3 Å². The monoisotopic (exact) mass is 555 g/mol. The molecular formula is C29H31Cl2N3O4. The van der Waals surface area contributed by atoms with E-state index < -0.39 is 5.92 Å². The highest BCUT2D eigenvalue weighted by Crippen LogP contribution is 2.50. The number of halogens is 2. The van der Waals surface area contributed by atoms with Crippen LogP contribution >= 0.6 is 23.2 Å². The normalized spacial score (nSPS) is 18.8. The number of nitrogens with two attached hydrogens (primary N) is 1. The molecule has 1 heterocycles. The van der Waals surface area contributed by atoms with Crippen LogP contribution < -0.4 is 15.2 Å². The molecule has 0 bridgehead atoms. The molecule has 0 unspecified atom stereocenters. The number of hydrogen-bond acceptors (Lipinski definition) is 7. The summed E-state index contributed by atoms with van der Waals surface area (Å²) in [6, 6.07) is 13.1. The number of rotatable bonds is 8. The fraction of sp³-hybridized carbons (Fsp3) is 0.379. The summed E-state index contributed by atoms with van der Waals surface area (Å²) in [7, 11) is 3.12. The third-order valence-electron chi connectivity index (χ3n) is 6.92. The zero-order chi connectivity index (χ0) is 27.6. The Balaban J connectivity index is 1.81. The Hall–Kier alpha value is -3.18. The van der Waals surface area contributed by atoms with Crippen molar-refractivity contribution in [2.24, 2.45) is 11.1 Å². The molecule has 0 saturated carbocycles. The molecule has 2 aromatic rings. The molecule has 38 heavy (non-hydrogen) atoms. The molecule has 2 aromatic carbocycles. The number of nitrogens with zero attached hydrogens (tertiary/aromatic N) is 2. The Morgan fingerprint density at radius 1 is 1.16 bits per heavy atom. The highest BCUT2D eigenvalue weighted by atomic mass is 35.5. The van der Waals surface area contributed by atoms with E-state index in [0.29, 0.717) is 59.5 Å². The van der Waals surface area contributed by atoms with E-state index in [1.807, 2.05) is 23.1 Å². The molecule has 0 amide bonds. The van der Waals surface area contributed by atoms with Gasteiger partial charge in [0.2, 0.25) is 0 Å². The Bertz CT molecular complexity index is 1360. The number of allylic oxidation sites excluding steroid dienone is 3. The van der Waals surface area contributed by atoms with E-state index in [2.05, 4.69) is 19.9 Å². The summed E-state index contributed by atoms with van der Waals surface area (Å²) >= 11 is 13.0. The van der Waals surface area contributed by atoms with Gasteiger partial charge in [0.1, 0.15) is 12.4 Å². The third kappa shape index (κ3) is 5.35. The lowest BCUT2D eigenvalue weighted by molar-refractivity contribution is -0.118. The number of Topliss-reactive ketones (excluding diaryl/α,β-unsaturated/α-hetero) is 1. The highest BCUT2D eigenvalue weighted by molar-refractivity contribution is 6.32. The van der Waals surface area contributed by atoms with Crippen molar-refractivity contribution >= 4 is 29.0 Å². The van der Waals surface area contributed by atoms with Gasteiger partial charge in [-0.3, -0.25) is 4.79 Å². The van der Waals surface area contributed by atoms with Gasteiger partial charge in [-0.25, -0.2) is 0 Å². The van der Waals surface area contributed by atoms with Crippen molar-refractivity contribution in [3.05, 3.63) is 80.2 Å². The summed E-state index contributed by atoms with van der Waals surface area (Å²) in [6.45, 7) is 5.13. The van der Waals surface area contributed by atoms with E-state index in [9.17, 15) is 10.1 Å². The zero-order valence-electron chi connectivity index (χ0n) is 21.9. The van der Waals surface area contributed by atoms with Gasteiger partial charge in [-0.1, -0.05) is 55.2 Å². The zero-order valence-corrected chi connectivity index (χ0v) is 23.4. The number of ether oxygens (including phenoxy) is 3. The number of carbonyl (C=O) groups excluding carboxylic acids is 1. The van der Waals surface area contributed by atoms with Crippen molar-refractivity contribution in [1.82, 2.24) is 4.90 Å². The van der Waals surface area contributed by atoms with E-state index in [0.717, 1.165) is 11.3 Å². The van der Waals surface area contributed by atoms with Crippen molar-refractivity contribution < 1.29 is 19.0 Å². The van der Waals surface area contributed by atoms with Gasteiger partial charge in [0.25, 0.3) is 0 Å². The predicted octanol–water partition coefficient (Wildman–Crippen LogP) is 5.96. The van der Waals surface area contributed by atoms with Crippen LogP contribution in [0.3, 0.4) is 0 Å². The first-order chi connectivity index (χ1) is 18.1. The van der Waals surface area contributed by atoms with Crippen LogP contribution in [0.25, 0.3) is 0 Å². The van der Waals surface area contributed by atoms with Crippen LogP contribution in [0.15, 0.2) is 59.1 Å². The third-order valence-corrected chi connectivity index (χ3v) is 7.57. The Morgan fingerprint density at radius 3 is 2.55 bits per heavy atom. The molecule has 2 N–H and O–H groups in total. The summed E-state index contributed by atoms with van der Waals surface area (Å²) in [6.07, 6.45) is 1.00. The van der Waals surface area contributed by atoms with E-state index >= 15 is 0 Å². The average Bonchev–Trinajstić information content (AvgIpc) is 2.86. The molecule has 1 aliphatic heterocycles. The second-order valence-electron chi connectivity index (χ2n) is 10.2. The number of nitriles is 1. The lowest BCUT2D eigenvalue weighted by Crippen LogP contribution is -2.43. The lowest BCUT2D eigenvalue weighted by Gasteiger charge is -2.43. The molecule has 0 fully saturated rings. The predicted molar refractivity (Wildman–Crippen MR) is 147 cm³/mol. The molecule has 7 nitrogen and oxygen atoms in total. The van der Waals surface area contributed by atoms with Crippen LogP contribution in [0.4, 0.5) is 0 Å². The Morgan fingerprint density at radius 2 is 1.89 bits per heavy atom. The number of ketones is 1. The first-order valence-electron chi connectivity index (χ1n) is 12.3. The second-order valence-corrected chi connectivity index (χ2v) is 11.0. The average molecular weight is 556 g/mol. The van der Waals surface area contributed by atoms with E-state index in [1.54, 1.807) is 25.3 Å². The number of carbonyl (C=O) groups is 1. The number of methoxy groups -OCH3 is 2. The molecule has 0 spiro atoms. The molecule has 0 radical (unpaired) electrons. The molecule has 4 rings (SSSR count). The maximum atomic E-state index is 13.6. The first-order valence-corrected chi connectivity index (χ1v) is 13.0. The Kier molecular flexibility index (Phi) is 8.27. The molecule has 0 aromatic heterocycles. The van der Waals surface area contributed by atoms with Gasteiger partial charge in [-0.2, -0.15) is 5.26 Å². The lowest BCUT2D eigenvalue weighted by atomic mass is 9.68. The maximum Gasteiger partial charge on any atom is 0.180 e. The quantitative estimate of drug-likeness (QED) is 0.428. The van der Waals surface area contributed by atoms with Crippen LogP contribution in [-0.2, 0) is 16.1 Å². The molecule has 2 aliphatic rings. The van der Waals surface area contributed by atoms with Gasteiger partial charge in [0.05, 0.1) is 36.3 Å². The standard InChI is InChI=1S/C29H31Cl2N3O4/c1-29(2)13-22-26(23(35)14-29)25(19(15-32)28(33)34(22)9-10-36-3)18-11-21(31)27(24(12-18)37-4)38-16-17-7-5-6-8-20(17)30/h5-8,11-12,25H,9-10,13-14,16,33H2,1-4H3/t25-/m1/s1. The van der Waals surface area contributed by atoms with Crippen molar-refractivity contribution in [1.29, 1.82) is 5.26 Å². The second kappa shape index (κ2) is 11.3. The van der Waals surface area contributed by atoms with Crippen LogP contribution in [-0.4, -0.2) is 38.1 Å². The van der Waals surface area contributed by atoms with Gasteiger partial charge in [-0.15, -0.1) is 0 Å². The van der Waals surface area contributed by atoms with Crippen molar-refractivity contribution in [3.8, 4) is 17.6 Å². The van der Waals surface area contributed by atoms with E-state index in [-0.39, 0.29) is 28.4 Å². The van der Waals surface area contributed by atoms with Crippen molar-refractivity contribution in [3.63, 3.8) is 0 Å². The number of benzene rings is 2. The summed E-state index contributed by atoms with van der Waals surface area (Å²) in [4.78, 5) is 15.5. The Labute approximate surface area is 233 Å². The summed E-state index contributed by atoms with van der Waals surface area (Å²) in [5.74, 6) is 0.339. The van der Waals surface area contributed by atoms with E-state index in [1.165, 1.54) is 7.11 Å². The smallest absolute Gasteiger partial charge is 0.180 e. The van der Waals surface area contributed by atoms with E-state index in [4.69, 9.17) is 43.1 Å². The highest BCUT2D eigenvalue weighted by Gasteiger charge is 2.44. The number of hydrogen-bond donors (Lipinski definition) is 1. The summed E-state index contributed by atoms with van der Waals surface area (Å²) < 4.78 is 16.9. The molecule has 0 saturated heterocycles. The van der Waals surface area contributed by atoms with Crippen LogP contribution in [0.1, 0.15) is 43.7 Å². The molecule has 200 valence electrons. The molecule has 9 heteroatoms. The summed E-state index contributed by atoms with van der Waals surface area (Å²) in [5.41, 5.74) is 9.44. The minimum absolute atomic E-state index is 0.0157. The fourth-order valence-corrected chi connectivity index (χ4v) is 5.62. The fourth-order valence-electron chi connectivity index (χ4n) is 5.16. The maximum absolute atomic E-state index is 13.6. The minimum Gasteiger partial charge on any atom is -0.493 e. The van der Waals surface area contributed by atoms with Gasteiger partial charge in [-0.05, 0) is 35.6 Å². The molecule has 1 aliphatic carbocycles. The first kappa shape index (κ1) is 27.8. The topological polar surface area (TPSA) is 97.8 Å². The van der Waals surface area contributed by atoms with Crippen molar-refractivity contribution in [2.75, 3.05) is 27.4 Å². The van der Waals surface area contributed by atoms with Gasteiger partial charge < -0.3 is 24.8 Å². The van der Waals surface area contributed by atoms with Crippen molar-refractivity contribution in [2.45, 2.75) is 39.2 Å². The molecular weight excluding hydrogens is 525 g/mol. The largest absolute Gasteiger partial charge is 0.493 e. The molecule has 1 atom stereocenters. The minimum atomic E-state index is -0.679. The van der Waals surface area contributed by atoms with Crippen LogP contribution in [0.5, 0.6) is 11.5 Å². The van der Waals surface area contributed by atoms with Gasteiger partial charge in [0, 0.05) is 41.9 Å². The SMILES string of the molecule is COCCN1C(N)=C(C#N)[C@@H](c2cc(Cl)c(OCc3ccccc3Cl)c(OC)c2)C2=C1CC(C)(C)CC2=O. The van der Waals surface area contributed by atoms with Gasteiger partial charge >= 0.3 is 0 Å². The summed E-state index contributed by atoms with van der Waals surface area (Å²) in [5, 5.41) is 11.1. The van der Waals surface area contributed by atoms with Crippen LogP contribution in [0, 0.1) is 16.7 Å².